The van der Waals surface area contributed by atoms with E-state index in [-0.39, 0.29) is 0 Å². The molecule has 0 atom stereocenters. The zero-order valence-electron chi connectivity index (χ0n) is 22.6. The summed E-state index contributed by atoms with van der Waals surface area (Å²) < 4.78 is 0. The third-order valence-electron chi connectivity index (χ3n) is 7.94. The Labute approximate surface area is 252 Å². The van der Waals surface area contributed by atoms with Crippen molar-refractivity contribution >= 4 is 44.2 Å². The van der Waals surface area contributed by atoms with E-state index in [0.29, 0.717) is 0 Å². The van der Waals surface area contributed by atoms with E-state index in [1.165, 1.54) is 54.9 Å². The Balaban J connectivity index is 1.28. The zero-order chi connectivity index (χ0) is 27.9. The smallest absolute Gasteiger partial charge is 0.0811 e. The SMILES string of the molecule is c1cc(-c2cscn2)cc(-c2ccc(-c3ccc(-c4cccc(-c5cscn5)c4)c4ccccc34)c3ccccc23)c1. The van der Waals surface area contributed by atoms with Crippen LogP contribution in [0, 0.1) is 0 Å². The summed E-state index contributed by atoms with van der Waals surface area (Å²) in [6.45, 7) is 0. The topological polar surface area (TPSA) is 25.8 Å². The van der Waals surface area contributed by atoms with Crippen LogP contribution in [0.25, 0.3) is 77.4 Å². The van der Waals surface area contributed by atoms with E-state index in [4.69, 9.17) is 0 Å². The third-order valence-corrected chi connectivity index (χ3v) is 9.11. The molecule has 0 fully saturated rings. The Bertz CT molecular complexity index is 2040. The summed E-state index contributed by atoms with van der Waals surface area (Å²) >= 11 is 3.25. The van der Waals surface area contributed by atoms with Crippen LogP contribution in [0.3, 0.4) is 0 Å². The number of nitrogens with zero attached hydrogens (tertiary/aromatic N) is 2. The average molecular weight is 573 g/mol. The number of aromatic nitrogens is 2. The normalized spacial score (nSPS) is 11.3. The minimum Gasteiger partial charge on any atom is -0.245 e. The molecule has 198 valence electrons. The largest absolute Gasteiger partial charge is 0.245 e. The Kier molecular flexibility index (Phi) is 6.21. The van der Waals surface area contributed by atoms with Crippen LogP contribution in [-0.4, -0.2) is 9.97 Å². The lowest BCUT2D eigenvalue weighted by Gasteiger charge is -2.16. The van der Waals surface area contributed by atoms with Gasteiger partial charge in [-0.2, -0.15) is 0 Å². The van der Waals surface area contributed by atoms with Crippen molar-refractivity contribution in [2.75, 3.05) is 0 Å². The van der Waals surface area contributed by atoms with Gasteiger partial charge in [-0.25, -0.2) is 9.97 Å². The van der Waals surface area contributed by atoms with Crippen LogP contribution in [0.4, 0.5) is 0 Å². The van der Waals surface area contributed by atoms with Gasteiger partial charge in [0.15, 0.2) is 0 Å². The summed E-state index contributed by atoms with van der Waals surface area (Å²) in [7, 11) is 0. The zero-order valence-corrected chi connectivity index (χ0v) is 24.2. The maximum atomic E-state index is 4.53. The maximum absolute atomic E-state index is 4.53. The third kappa shape index (κ3) is 4.33. The van der Waals surface area contributed by atoms with E-state index < -0.39 is 0 Å². The van der Waals surface area contributed by atoms with Crippen LogP contribution in [0.15, 0.2) is 143 Å². The van der Waals surface area contributed by atoms with Crippen molar-refractivity contribution in [3.63, 3.8) is 0 Å². The molecular formula is C38H24N2S2. The summed E-state index contributed by atoms with van der Waals surface area (Å²) in [5.41, 5.74) is 15.4. The summed E-state index contributed by atoms with van der Waals surface area (Å²) in [6.07, 6.45) is 0. The molecule has 0 saturated carbocycles. The van der Waals surface area contributed by atoms with Gasteiger partial charge < -0.3 is 0 Å². The standard InChI is InChI=1S/C38H24N2S2/c1-3-13-33-31(11-1)29(25-7-5-9-27(19-25)37-21-41-23-39-37)15-17-35(33)36-18-16-30(32-12-2-4-14-34(32)36)26-8-6-10-28(20-26)38-22-42-24-40-38/h1-24H. The van der Waals surface area contributed by atoms with E-state index in [1.807, 2.05) is 11.0 Å². The van der Waals surface area contributed by atoms with Gasteiger partial charge in [0, 0.05) is 21.9 Å². The molecule has 2 heterocycles. The molecule has 0 radical (unpaired) electrons. The predicted octanol–water partition coefficient (Wildman–Crippen LogP) is 11.2. The molecule has 0 amide bonds. The monoisotopic (exact) mass is 572 g/mol. The van der Waals surface area contributed by atoms with Crippen molar-refractivity contribution in [1.82, 2.24) is 9.97 Å². The van der Waals surface area contributed by atoms with E-state index in [2.05, 4.69) is 142 Å². The number of benzene rings is 6. The van der Waals surface area contributed by atoms with Crippen molar-refractivity contribution in [1.29, 1.82) is 0 Å². The first-order valence-corrected chi connectivity index (χ1v) is 15.7. The highest BCUT2D eigenvalue weighted by Gasteiger charge is 2.15. The fourth-order valence-electron chi connectivity index (χ4n) is 5.97. The first kappa shape index (κ1) is 24.9. The highest BCUT2D eigenvalue weighted by molar-refractivity contribution is 7.08. The molecule has 0 N–H and O–H groups in total. The van der Waals surface area contributed by atoms with E-state index >= 15 is 0 Å². The van der Waals surface area contributed by atoms with E-state index in [9.17, 15) is 0 Å². The van der Waals surface area contributed by atoms with Gasteiger partial charge in [-0.3, -0.25) is 0 Å². The molecule has 8 aromatic rings. The van der Waals surface area contributed by atoms with E-state index in [0.717, 1.165) is 22.5 Å². The predicted molar refractivity (Wildman–Crippen MR) is 180 cm³/mol. The van der Waals surface area contributed by atoms with Gasteiger partial charge >= 0.3 is 0 Å². The number of thiazole rings is 2. The molecule has 0 aliphatic heterocycles. The van der Waals surface area contributed by atoms with Gasteiger partial charge in [0.25, 0.3) is 0 Å². The van der Waals surface area contributed by atoms with Crippen molar-refractivity contribution in [2.45, 2.75) is 0 Å². The Morgan fingerprint density at radius 1 is 0.357 bits per heavy atom. The van der Waals surface area contributed by atoms with Gasteiger partial charge in [-0.05, 0) is 67.1 Å². The molecule has 0 saturated heterocycles. The molecule has 2 aromatic heterocycles. The second kappa shape index (κ2) is 10.5. The van der Waals surface area contributed by atoms with Gasteiger partial charge in [-0.15, -0.1) is 22.7 Å². The molecular weight excluding hydrogens is 549 g/mol. The highest BCUT2D eigenvalue weighted by atomic mass is 32.1. The van der Waals surface area contributed by atoms with Gasteiger partial charge in [-0.1, -0.05) is 109 Å². The molecule has 42 heavy (non-hydrogen) atoms. The van der Waals surface area contributed by atoms with Gasteiger partial charge in [0.2, 0.25) is 0 Å². The minimum atomic E-state index is 1.02. The number of fused-ring (bicyclic) bond motifs is 2. The second-order valence-corrected chi connectivity index (χ2v) is 11.8. The first-order chi connectivity index (χ1) is 20.8. The van der Waals surface area contributed by atoms with Crippen molar-refractivity contribution in [3.8, 4) is 55.9 Å². The molecule has 0 unspecified atom stereocenters. The fourth-order valence-corrected chi connectivity index (χ4v) is 7.10. The van der Waals surface area contributed by atoms with Crippen LogP contribution < -0.4 is 0 Å². The number of hydrogen-bond acceptors (Lipinski definition) is 4. The van der Waals surface area contributed by atoms with Crippen LogP contribution in [0.2, 0.25) is 0 Å². The molecule has 0 bridgehead atoms. The molecule has 0 aliphatic carbocycles. The maximum Gasteiger partial charge on any atom is 0.0811 e. The lowest BCUT2D eigenvalue weighted by molar-refractivity contribution is 1.41. The Hall–Kier alpha value is -4.90. The molecule has 6 aromatic carbocycles. The fraction of sp³-hybridized carbons (Fsp3) is 0. The van der Waals surface area contributed by atoms with Gasteiger partial charge in [0.1, 0.15) is 0 Å². The summed E-state index contributed by atoms with van der Waals surface area (Å²) in [4.78, 5) is 9.06. The summed E-state index contributed by atoms with van der Waals surface area (Å²) in [6, 6.07) is 44.1. The van der Waals surface area contributed by atoms with Crippen molar-refractivity contribution < 1.29 is 0 Å². The Morgan fingerprint density at radius 2 is 0.738 bits per heavy atom. The van der Waals surface area contributed by atoms with Crippen molar-refractivity contribution in [2.24, 2.45) is 0 Å². The molecule has 0 aliphatic rings. The lowest BCUT2D eigenvalue weighted by Crippen LogP contribution is -1.90. The second-order valence-electron chi connectivity index (χ2n) is 10.3. The lowest BCUT2D eigenvalue weighted by atomic mass is 9.87. The van der Waals surface area contributed by atoms with Crippen LogP contribution >= 0.6 is 22.7 Å². The highest BCUT2D eigenvalue weighted by Crippen LogP contribution is 2.41. The van der Waals surface area contributed by atoms with Crippen molar-refractivity contribution in [3.05, 3.63) is 143 Å². The number of hydrogen-bond donors (Lipinski definition) is 0. The number of rotatable bonds is 5. The van der Waals surface area contributed by atoms with Crippen LogP contribution in [0.5, 0.6) is 0 Å². The van der Waals surface area contributed by atoms with E-state index in [1.54, 1.807) is 22.7 Å². The molecule has 8 rings (SSSR count). The Morgan fingerprint density at radius 3 is 1.14 bits per heavy atom. The molecule has 2 nitrogen and oxygen atoms in total. The van der Waals surface area contributed by atoms with Gasteiger partial charge in [0.05, 0.1) is 22.4 Å². The minimum absolute atomic E-state index is 1.02. The molecule has 4 heteroatoms. The summed E-state index contributed by atoms with van der Waals surface area (Å²) in [5.74, 6) is 0. The first-order valence-electron chi connectivity index (χ1n) is 13.9. The van der Waals surface area contributed by atoms with Crippen LogP contribution in [-0.2, 0) is 0 Å². The van der Waals surface area contributed by atoms with Crippen LogP contribution in [0.1, 0.15) is 0 Å². The summed E-state index contributed by atoms with van der Waals surface area (Å²) in [5, 5.41) is 9.19. The quantitative estimate of drug-likeness (QED) is 0.205. The average Bonchev–Trinajstić information content (AvgIpc) is 3.80. The molecule has 0 spiro atoms.